The van der Waals surface area contributed by atoms with E-state index in [0.29, 0.717) is 0 Å². The van der Waals surface area contributed by atoms with E-state index >= 15 is 0 Å². The molecule has 1 rings (SSSR count). The van der Waals surface area contributed by atoms with Gasteiger partial charge in [-0.25, -0.2) is 4.79 Å². The smallest absolute Gasteiger partial charge is 0.326 e. The molecule has 0 radical (unpaired) electrons. The number of ether oxygens (including phenoxy) is 1. The molecular weight excluding hydrogens is 304 g/mol. The highest BCUT2D eigenvalue weighted by Gasteiger charge is 2.21. The first-order valence-corrected chi connectivity index (χ1v) is 6.21. The molecule has 1 aromatic rings. The van der Waals surface area contributed by atoms with Gasteiger partial charge in [-0.1, -0.05) is 11.6 Å². The fourth-order valence-electron chi connectivity index (χ4n) is 1.53. The molecule has 0 aliphatic rings. The molecule has 114 valence electrons. The molecule has 1 amide bonds. The van der Waals surface area contributed by atoms with Crippen molar-refractivity contribution in [1.82, 2.24) is 5.32 Å². The van der Waals surface area contributed by atoms with Crippen LogP contribution in [0.4, 0.5) is 5.69 Å². The zero-order valence-electron chi connectivity index (χ0n) is 11.0. The van der Waals surface area contributed by atoms with Gasteiger partial charge in [0.2, 0.25) is 0 Å². The topological polar surface area (TPSA) is 119 Å². The monoisotopic (exact) mass is 316 g/mol. The summed E-state index contributed by atoms with van der Waals surface area (Å²) in [4.78, 5) is 32.8. The molecule has 9 heteroatoms. The Kier molecular flexibility index (Phi) is 6.07. The Morgan fingerprint density at radius 3 is 2.67 bits per heavy atom. The number of aliphatic carboxylic acids is 1. The number of nitrogens with zero attached hydrogens (tertiary/aromatic N) is 1. The molecule has 0 aliphatic carbocycles. The maximum absolute atomic E-state index is 11.9. The molecule has 2 N–H and O–H groups in total. The van der Waals surface area contributed by atoms with Crippen molar-refractivity contribution in [2.45, 2.75) is 12.5 Å². The Morgan fingerprint density at radius 1 is 1.52 bits per heavy atom. The number of carboxylic acids is 1. The summed E-state index contributed by atoms with van der Waals surface area (Å²) in [7, 11) is 1.41. The van der Waals surface area contributed by atoms with Crippen LogP contribution in [0.5, 0.6) is 0 Å². The van der Waals surface area contributed by atoms with Crippen LogP contribution in [0.3, 0.4) is 0 Å². The summed E-state index contributed by atoms with van der Waals surface area (Å²) in [6.07, 6.45) is 0.0955. The fourth-order valence-corrected chi connectivity index (χ4v) is 1.78. The minimum atomic E-state index is -1.20. The van der Waals surface area contributed by atoms with Crippen molar-refractivity contribution in [1.29, 1.82) is 0 Å². The van der Waals surface area contributed by atoms with E-state index in [2.05, 4.69) is 5.32 Å². The molecule has 0 saturated heterocycles. The number of carboxylic acid groups (broad SMARTS) is 1. The van der Waals surface area contributed by atoms with Gasteiger partial charge < -0.3 is 15.2 Å². The van der Waals surface area contributed by atoms with Crippen molar-refractivity contribution in [2.24, 2.45) is 0 Å². The molecule has 0 aromatic heterocycles. The van der Waals surface area contributed by atoms with Crippen LogP contribution < -0.4 is 5.32 Å². The number of nitro benzene ring substituents is 1. The number of halogens is 1. The van der Waals surface area contributed by atoms with Gasteiger partial charge in [0.15, 0.2) is 0 Å². The lowest BCUT2D eigenvalue weighted by Gasteiger charge is -2.14. The summed E-state index contributed by atoms with van der Waals surface area (Å²) in [6, 6.07) is 2.28. The van der Waals surface area contributed by atoms with Crippen LogP contribution in [0.25, 0.3) is 0 Å². The normalized spacial score (nSPS) is 11.7. The predicted molar refractivity (Wildman–Crippen MR) is 73.5 cm³/mol. The van der Waals surface area contributed by atoms with E-state index in [0.717, 1.165) is 12.1 Å². The average molecular weight is 317 g/mol. The molecule has 0 spiro atoms. The Hall–Kier alpha value is -2.19. The van der Waals surface area contributed by atoms with Crippen molar-refractivity contribution in [2.75, 3.05) is 13.7 Å². The number of hydrogen-bond donors (Lipinski definition) is 2. The molecule has 0 aliphatic heterocycles. The quantitative estimate of drug-likeness (QED) is 0.580. The number of carbonyl (C=O) groups is 2. The maximum atomic E-state index is 11.9. The first kappa shape index (κ1) is 16.9. The Balaban J connectivity index is 2.85. The molecular formula is C12H13ClN2O6. The van der Waals surface area contributed by atoms with E-state index in [-0.39, 0.29) is 29.3 Å². The predicted octanol–water partition coefficient (Wildman–Crippen LogP) is 1.47. The second-order valence-electron chi connectivity index (χ2n) is 4.07. The lowest BCUT2D eigenvalue weighted by molar-refractivity contribution is -0.384. The highest BCUT2D eigenvalue weighted by Crippen LogP contribution is 2.24. The van der Waals surface area contributed by atoms with Crippen LogP contribution in [0, 0.1) is 10.1 Å². The molecule has 0 heterocycles. The van der Waals surface area contributed by atoms with Gasteiger partial charge in [0.05, 0.1) is 4.92 Å². The van der Waals surface area contributed by atoms with Crippen molar-refractivity contribution in [3.63, 3.8) is 0 Å². The van der Waals surface area contributed by atoms with E-state index in [1.54, 1.807) is 0 Å². The fraction of sp³-hybridized carbons (Fsp3) is 0.333. The van der Waals surface area contributed by atoms with Gasteiger partial charge in [0.25, 0.3) is 11.6 Å². The summed E-state index contributed by atoms with van der Waals surface area (Å²) in [6.45, 7) is 0.165. The van der Waals surface area contributed by atoms with Gasteiger partial charge in [-0.05, 0) is 12.1 Å². The van der Waals surface area contributed by atoms with Crippen molar-refractivity contribution >= 4 is 29.2 Å². The van der Waals surface area contributed by atoms with Gasteiger partial charge in [-0.3, -0.25) is 14.9 Å². The molecule has 0 saturated carbocycles. The SMILES string of the molecule is COCCC(NC(=O)c1ccc([N+](=O)[O-])c(Cl)c1)C(=O)O. The first-order valence-electron chi connectivity index (χ1n) is 5.83. The highest BCUT2D eigenvalue weighted by atomic mass is 35.5. The van der Waals surface area contributed by atoms with Gasteiger partial charge in [-0.15, -0.1) is 0 Å². The third-order valence-corrected chi connectivity index (χ3v) is 2.92. The number of rotatable bonds is 7. The number of hydrogen-bond acceptors (Lipinski definition) is 5. The van der Waals surface area contributed by atoms with E-state index in [1.807, 2.05) is 0 Å². The number of nitro groups is 1. The zero-order chi connectivity index (χ0) is 16.0. The van der Waals surface area contributed by atoms with Crippen LogP contribution in [0.1, 0.15) is 16.8 Å². The van der Waals surface area contributed by atoms with Gasteiger partial charge >= 0.3 is 5.97 Å². The summed E-state index contributed by atoms with van der Waals surface area (Å²) in [5.41, 5.74) is -0.295. The third kappa shape index (κ3) is 4.69. The van der Waals surface area contributed by atoms with Crippen molar-refractivity contribution in [3.8, 4) is 0 Å². The van der Waals surface area contributed by atoms with Crippen LogP contribution in [0.2, 0.25) is 5.02 Å². The second kappa shape index (κ2) is 7.55. The van der Waals surface area contributed by atoms with Crippen LogP contribution in [-0.2, 0) is 9.53 Å². The standard InChI is InChI=1S/C12H13ClN2O6/c1-21-5-4-9(12(17)18)14-11(16)7-2-3-10(15(19)20)8(13)6-7/h2-3,6,9H,4-5H2,1H3,(H,14,16)(H,17,18). The van der Waals surface area contributed by atoms with Crippen molar-refractivity contribution < 1.29 is 24.4 Å². The Morgan fingerprint density at radius 2 is 2.19 bits per heavy atom. The number of methoxy groups -OCH3 is 1. The lowest BCUT2D eigenvalue weighted by atomic mass is 10.1. The molecule has 21 heavy (non-hydrogen) atoms. The third-order valence-electron chi connectivity index (χ3n) is 2.62. The zero-order valence-corrected chi connectivity index (χ0v) is 11.8. The van der Waals surface area contributed by atoms with E-state index < -0.39 is 22.8 Å². The second-order valence-corrected chi connectivity index (χ2v) is 4.48. The number of amides is 1. The number of nitrogens with one attached hydrogen (secondary N) is 1. The van der Waals surface area contributed by atoms with Crippen molar-refractivity contribution in [3.05, 3.63) is 38.9 Å². The maximum Gasteiger partial charge on any atom is 0.326 e. The minimum Gasteiger partial charge on any atom is -0.480 e. The van der Waals surface area contributed by atoms with E-state index in [4.69, 9.17) is 21.4 Å². The number of carbonyl (C=O) groups excluding carboxylic acids is 1. The summed E-state index contributed by atoms with van der Waals surface area (Å²) >= 11 is 5.69. The highest BCUT2D eigenvalue weighted by molar-refractivity contribution is 6.33. The summed E-state index contributed by atoms with van der Waals surface area (Å²) in [5, 5.41) is 21.7. The van der Waals surface area contributed by atoms with Gasteiger partial charge in [0, 0.05) is 31.8 Å². The largest absolute Gasteiger partial charge is 0.480 e. The Bertz CT molecular complexity index is 563. The lowest BCUT2D eigenvalue weighted by Crippen LogP contribution is -2.41. The summed E-state index contributed by atoms with van der Waals surface area (Å²) < 4.78 is 4.76. The molecule has 0 bridgehead atoms. The van der Waals surface area contributed by atoms with Gasteiger partial charge in [-0.2, -0.15) is 0 Å². The van der Waals surface area contributed by atoms with E-state index in [1.165, 1.54) is 13.2 Å². The van der Waals surface area contributed by atoms with Gasteiger partial charge in [0.1, 0.15) is 11.1 Å². The molecule has 8 nitrogen and oxygen atoms in total. The average Bonchev–Trinajstić information content (AvgIpc) is 2.42. The minimum absolute atomic E-state index is 0.0364. The first-order chi connectivity index (χ1) is 9.86. The van der Waals surface area contributed by atoms with Crippen LogP contribution in [-0.4, -0.2) is 41.7 Å². The number of benzene rings is 1. The molecule has 1 aromatic carbocycles. The van der Waals surface area contributed by atoms with Crippen LogP contribution >= 0.6 is 11.6 Å². The Labute approximate surface area is 124 Å². The molecule has 0 fully saturated rings. The van der Waals surface area contributed by atoms with Crippen LogP contribution in [0.15, 0.2) is 18.2 Å². The molecule has 1 unspecified atom stereocenters. The summed E-state index contributed by atoms with van der Waals surface area (Å²) in [5.74, 6) is -1.89. The molecule has 1 atom stereocenters. The van der Waals surface area contributed by atoms with E-state index in [9.17, 15) is 19.7 Å².